The minimum atomic E-state index is -4.70. The van der Waals surface area contributed by atoms with Gasteiger partial charge in [0.05, 0.1) is 6.61 Å². The Bertz CT molecular complexity index is 570. The fraction of sp³-hybridized carbons (Fsp3) is 0.591. The van der Waals surface area contributed by atoms with E-state index in [1.807, 2.05) is 0 Å². The van der Waals surface area contributed by atoms with Crippen LogP contribution in [0.5, 0.6) is 0 Å². The molecule has 1 unspecified atom stereocenters. The van der Waals surface area contributed by atoms with Gasteiger partial charge >= 0.3 is 29.6 Å². The molecule has 0 aromatic carbocycles. The van der Waals surface area contributed by atoms with Crippen LogP contribution in [0.2, 0.25) is 0 Å². The number of carbonyl (C=O) groups is 1. The zero-order valence-electron chi connectivity index (χ0n) is 18.6. The number of rotatable bonds is 18. The van der Waals surface area contributed by atoms with E-state index in [4.69, 9.17) is 4.89 Å². The van der Waals surface area contributed by atoms with E-state index >= 15 is 0 Å². The molecule has 0 heterocycles. The minimum absolute atomic E-state index is 0. The fourth-order valence-corrected chi connectivity index (χ4v) is 2.70. The number of amides is 1. The quantitative estimate of drug-likeness (QED) is 0.144. The smallest absolute Gasteiger partial charge is 0.756 e. The van der Waals surface area contributed by atoms with Crippen LogP contribution in [0.25, 0.3) is 0 Å². The number of unbranched alkanes of at least 4 members (excludes halogenated alkanes) is 4. The molecule has 0 fully saturated rings. The Morgan fingerprint density at radius 2 is 1.43 bits per heavy atom. The second-order valence-electron chi connectivity index (χ2n) is 6.63. The maximum atomic E-state index is 11.5. The van der Waals surface area contributed by atoms with Gasteiger partial charge in [-0.1, -0.05) is 68.4 Å². The molecule has 1 atom stereocenters. The van der Waals surface area contributed by atoms with Gasteiger partial charge in [0.1, 0.15) is 0 Å². The number of phosphoric acid groups is 1. The summed E-state index contributed by atoms with van der Waals surface area (Å²) in [6.07, 6.45) is 27.1. The number of allylic oxidation sites excluding steroid dienone is 8. The third-order valence-corrected chi connectivity index (χ3v) is 4.42. The molecular formula is C22H37NNaO5P. The van der Waals surface area contributed by atoms with Crippen molar-refractivity contribution in [3.8, 4) is 0 Å². The van der Waals surface area contributed by atoms with E-state index in [1.54, 1.807) is 0 Å². The molecule has 30 heavy (non-hydrogen) atoms. The Labute approximate surface area is 204 Å². The Balaban J connectivity index is 0. The zero-order valence-corrected chi connectivity index (χ0v) is 21.5. The molecule has 2 N–H and O–H groups in total. The molecule has 0 aromatic rings. The predicted octanol–water partition coefficient (Wildman–Crippen LogP) is 1.73. The third-order valence-electron chi connectivity index (χ3n) is 3.91. The van der Waals surface area contributed by atoms with Crippen molar-refractivity contribution < 1.29 is 53.2 Å². The summed E-state index contributed by atoms with van der Waals surface area (Å²) in [4.78, 5) is 30.3. The number of carbonyl (C=O) groups excluding carboxylic acids is 1. The summed E-state index contributed by atoms with van der Waals surface area (Å²) in [5.74, 6) is -0.164. The largest absolute Gasteiger partial charge is 1.00 e. The summed E-state index contributed by atoms with van der Waals surface area (Å²) < 4.78 is 14.5. The summed E-state index contributed by atoms with van der Waals surface area (Å²) in [7, 11) is -4.70. The van der Waals surface area contributed by atoms with Crippen molar-refractivity contribution in [1.82, 2.24) is 5.32 Å². The van der Waals surface area contributed by atoms with Gasteiger partial charge < -0.3 is 19.6 Å². The normalized spacial score (nSPS) is 14.0. The number of hydrogen-bond acceptors (Lipinski definition) is 4. The maximum Gasteiger partial charge on any atom is 1.00 e. The first-order chi connectivity index (χ1) is 14.0. The molecule has 1 amide bonds. The van der Waals surface area contributed by atoms with E-state index < -0.39 is 7.82 Å². The summed E-state index contributed by atoms with van der Waals surface area (Å²) >= 11 is 0. The molecule has 0 aromatic heterocycles. The Hall–Kier alpha value is -0.460. The predicted molar refractivity (Wildman–Crippen MR) is 117 cm³/mol. The van der Waals surface area contributed by atoms with E-state index in [9.17, 15) is 14.3 Å². The van der Waals surface area contributed by atoms with Crippen molar-refractivity contribution in [2.75, 3.05) is 13.2 Å². The van der Waals surface area contributed by atoms with Crippen molar-refractivity contribution in [3.63, 3.8) is 0 Å². The molecule has 0 aliphatic carbocycles. The first-order valence-electron chi connectivity index (χ1n) is 10.5. The Morgan fingerprint density at radius 1 is 0.933 bits per heavy atom. The van der Waals surface area contributed by atoms with Crippen LogP contribution in [-0.2, 0) is 13.9 Å². The van der Waals surface area contributed by atoms with Crippen molar-refractivity contribution in [2.24, 2.45) is 0 Å². The standard InChI is InChI=1S/C22H38NO5P.Na/c1-2-3-4-5-6-7-8-9-10-11-12-13-14-15-16-17-18-19-22(24)23-20-21-28-29(25,26)27;/h6-7,9-10,12-13,15-16H,2-5,8,11,14,17-21H2,1H3,(H,23,24)(H2,25,26,27);/q;+1/p-1/b7-6-,10-9-,13-12-,16-15-;. The van der Waals surface area contributed by atoms with Crippen molar-refractivity contribution in [2.45, 2.75) is 71.1 Å². The monoisotopic (exact) mass is 449 g/mol. The Kier molecular flexibility index (Phi) is 24.5. The van der Waals surface area contributed by atoms with Crippen molar-refractivity contribution in [1.29, 1.82) is 0 Å². The van der Waals surface area contributed by atoms with Crippen LogP contribution in [0.4, 0.5) is 0 Å². The van der Waals surface area contributed by atoms with E-state index in [0.717, 1.165) is 32.1 Å². The van der Waals surface area contributed by atoms with Gasteiger partial charge in [0.25, 0.3) is 7.82 Å². The second-order valence-corrected chi connectivity index (χ2v) is 7.83. The average molecular weight is 450 g/mol. The molecule has 0 rings (SSSR count). The van der Waals surface area contributed by atoms with Crippen LogP contribution in [0.3, 0.4) is 0 Å². The van der Waals surface area contributed by atoms with E-state index in [1.165, 1.54) is 25.7 Å². The zero-order chi connectivity index (χ0) is 21.6. The summed E-state index contributed by atoms with van der Waals surface area (Å²) in [5, 5.41) is 2.53. The molecule has 0 saturated heterocycles. The van der Waals surface area contributed by atoms with Gasteiger partial charge in [0.2, 0.25) is 5.91 Å². The molecule has 0 aliphatic rings. The van der Waals surface area contributed by atoms with Crippen LogP contribution in [0.1, 0.15) is 71.1 Å². The Morgan fingerprint density at radius 3 is 1.93 bits per heavy atom. The van der Waals surface area contributed by atoms with Gasteiger partial charge in [-0.15, -0.1) is 0 Å². The van der Waals surface area contributed by atoms with Crippen LogP contribution in [-0.4, -0.2) is 24.0 Å². The summed E-state index contributed by atoms with van der Waals surface area (Å²) in [5.41, 5.74) is 0. The van der Waals surface area contributed by atoms with Crippen molar-refractivity contribution in [3.05, 3.63) is 48.6 Å². The molecule has 8 heteroatoms. The molecule has 0 bridgehead atoms. The molecule has 0 spiro atoms. The van der Waals surface area contributed by atoms with E-state index in [-0.39, 0.29) is 48.6 Å². The first-order valence-corrected chi connectivity index (χ1v) is 12.0. The van der Waals surface area contributed by atoms with Gasteiger partial charge in [0.15, 0.2) is 0 Å². The van der Waals surface area contributed by atoms with E-state index in [0.29, 0.717) is 6.42 Å². The van der Waals surface area contributed by atoms with Gasteiger partial charge in [-0.05, 0) is 44.9 Å². The minimum Gasteiger partial charge on any atom is -0.756 e. The van der Waals surface area contributed by atoms with Crippen LogP contribution >= 0.6 is 7.82 Å². The SMILES string of the molecule is CCCCC/C=C\C/C=C\C/C=C\C/C=C\CCCC(=O)NCCOP(=O)([O-])O.[Na+]. The number of phosphoric ester groups is 1. The van der Waals surface area contributed by atoms with Crippen molar-refractivity contribution >= 4 is 13.7 Å². The molecule has 6 nitrogen and oxygen atoms in total. The topological polar surface area (TPSA) is 98.7 Å². The molecular weight excluding hydrogens is 412 g/mol. The van der Waals surface area contributed by atoms with Crippen LogP contribution < -0.4 is 39.8 Å². The third kappa shape index (κ3) is 27.5. The van der Waals surface area contributed by atoms with Gasteiger partial charge in [0, 0.05) is 13.0 Å². The van der Waals surface area contributed by atoms with Crippen LogP contribution in [0, 0.1) is 0 Å². The number of nitrogens with one attached hydrogen (secondary N) is 1. The summed E-state index contributed by atoms with van der Waals surface area (Å²) in [6, 6.07) is 0. The summed E-state index contributed by atoms with van der Waals surface area (Å²) in [6.45, 7) is 2.01. The second kappa shape index (κ2) is 23.2. The van der Waals surface area contributed by atoms with Crippen LogP contribution in [0.15, 0.2) is 48.6 Å². The molecule has 0 saturated carbocycles. The maximum absolute atomic E-state index is 11.5. The first kappa shape index (κ1) is 31.7. The molecule has 166 valence electrons. The van der Waals surface area contributed by atoms with Gasteiger partial charge in [-0.25, -0.2) is 0 Å². The van der Waals surface area contributed by atoms with Gasteiger partial charge in [-0.3, -0.25) is 9.36 Å². The average Bonchev–Trinajstić information content (AvgIpc) is 2.67. The van der Waals surface area contributed by atoms with E-state index in [2.05, 4.69) is 65.4 Å². The molecule has 0 radical (unpaired) electrons. The fourth-order valence-electron chi connectivity index (χ4n) is 2.38. The van der Waals surface area contributed by atoms with Gasteiger partial charge in [-0.2, -0.15) is 0 Å². The molecule has 0 aliphatic heterocycles. The number of hydrogen-bond donors (Lipinski definition) is 2.